The van der Waals surface area contributed by atoms with Gasteiger partial charge < -0.3 is 16.4 Å². The van der Waals surface area contributed by atoms with Crippen LogP contribution in [0, 0.1) is 0 Å². The SMILES string of the molecule is CCCNC(=O)C(C)NC(=O)c1cc(Cl)c(N)c(Cl)c1. The van der Waals surface area contributed by atoms with Crippen LogP contribution in [-0.4, -0.2) is 24.4 Å². The summed E-state index contributed by atoms with van der Waals surface area (Å²) in [6, 6.07) is 2.17. The topological polar surface area (TPSA) is 84.2 Å². The maximum Gasteiger partial charge on any atom is 0.252 e. The van der Waals surface area contributed by atoms with E-state index in [0.717, 1.165) is 6.42 Å². The van der Waals surface area contributed by atoms with E-state index in [-0.39, 0.29) is 27.2 Å². The predicted molar refractivity (Wildman–Crippen MR) is 81.1 cm³/mol. The molecule has 0 aliphatic rings. The van der Waals surface area contributed by atoms with Crippen molar-refractivity contribution in [1.29, 1.82) is 0 Å². The Morgan fingerprint density at radius 2 is 1.85 bits per heavy atom. The monoisotopic (exact) mass is 317 g/mol. The summed E-state index contributed by atoms with van der Waals surface area (Å²) in [4.78, 5) is 23.7. The standard InChI is InChI=1S/C13H17Cl2N3O2/c1-3-4-17-12(19)7(2)18-13(20)8-5-9(14)11(16)10(15)6-8/h5-7H,3-4,16H2,1-2H3,(H,17,19)(H,18,20). The van der Waals surface area contributed by atoms with E-state index in [9.17, 15) is 9.59 Å². The molecule has 5 nitrogen and oxygen atoms in total. The van der Waals surface area contributed by atoms with Gasteiger partial charge in [-0.3, -0.25) is 9.59 Å². The number of halogens is 2. The Labute approximate surface area is 127 Å². The number of hydrogen-bond acceptors (Lipinski definition) is 3. The quantitative estimate of drug-likeness (QED) is 0.728. The third kappa shape index (κ3) is 4.28. The molecule has 0 aliphatic heterocycles. The lowest BCUT2D eigenvalue weighted by Crippen LogP contribution is -2.45. The molecule has 1 rings (SSSR count). The molecule has 7 heteroatoms. The third-order valence-corrected chi connectivity index (χ3v) is 3.26. The molecule has 0 saturated heterocycles. The minimum atomic E-state index is -0.649. The van der Waals surface area contributed by atoms with Gasteiger partial charge in [0, 0.05) is 12.1 Å². The van der Waals surface area contributed by atoms with Crippen LogP contribution in [-0.2, 0) is 4.79 Å². The van der Waals surface area contributed by atoms with Gasteiger partial charge >= 0.3 is 0 Å². The van der Waals surface area contributed by atoms with Crippen molar-refractivity contribution in [1.82, 2.24) is 10.6 Å². The molecule has 20 heavy (non-hydrogen) atoms. The Morgan fingerprint density at radius 1 is 1.30 bits per heavy atom. The number of hydrogen-bond donors (Lipinski definition) is 3. The van der Waals surface area contributed by atoms with Gasteiger partial charge in [-0.25, -0.2) is 0 Å². The second-order valence-corrected chi connectivity index (χ2v) is 5.15. The number of nitrogens with one attached hydrogen (secondary N) is 2. The molecule has 0 aromatic heterocycles. The van der Waals surface area contributed by atoms with Gasteiger partial charge in [-0.1, -0.05) is 30.1 Å². The van der Waals surface area contributed by atoms with E-state index in [1.807, 2.05) is 6.92 Å². The van der Waals surface area contributed by atoms with Gasteiger partial charge in [-0.15, -0.1) is 0 Å². The lowest BCUT2D eigenvalue weighted by atomic mass is 10.1. The number of amides is 2. The summed E-state index contributed by atoms with van der Waals surface area (Å²) >= 11 is 11.7. The van der Waals surface area contributed by atoms with Crippen LogP contribution < -0.4 is 16.4 Å². The van der Waals surface area contributed by atoms with Crippen molar-refractivity contribution in [3.8, 4) is 0 Å². The molecule has 2 amide bonds. The first kappa shape index (κ1) is 16.6. The smallest absolute Gasteiger partial charge is 0.252 e. The molecule has 0 bridgehead atoms. The van der Waals surface area contributed by atoms with Gasteiger partial charge in [0.15, 0.2) is 0 Å². The fourth-order valence-electron chi connectivity index (χ4n) is 1.46. The minimum Gasteiger partial charge on any atom is -0.396 e. The van der Waals surface area contributed by atoms with Gasteiger partial charge in [0.2, 0.25) is 5.91 Å². The lowest BCUT2D eigenvalue weighted by Gasteiger charge is -2.14. The summed E-state index contributed by atoms with van der Waals surface area (Å²) in [5, 5.41) is 5.66. The largest absolute Gasteiger partial charge is 0.396 e. The molecule has 110 valence electrons. The van der Waals surface area contributed by atoms with Gasteiger partial charge in [-0.2, -0.15) is 0 Å². The third-order valence-electron chi connectivity index (χ3n) is 2.63. The van der Waals surface area contributed by atoms with Crippen LogP contribution in [0.5, 0.6) is 0 Å². The predicted octanol–water partition coefficient (Wildman–Crippen LogP) is 2.22. The Balaban J connectivity index is 2.74. The zero-order valence-corrected chi connectivity index (χ0v) is 12.8. The van der Waals surface area contributed by atoms with Gasteiger partial charge in [-0.05, 0) is 25.5 Å². The van der Waals surface area contributed by atoms with Crippen molar-refractivity contribution in [2.45, 2.75) is 26.3 Å². The summed E-state index contributed by atoms with van der Waals surface area (Å²) in [7, 11) is 0. The Kier molecular flexibility index (Phi) is 6.10. The second-order valence-electron chi connectivity index (χ2n) is 4.34. The van der Waals surface area contributed by atoms with Crippen molar-refractivity contribution in [2.75, 3.05) is 12.3 Å². The number of nitrogens with two attached hydrogens (primary N) is 1. The van der Waals surface area contributed by atoms with Crippen molar-refractivity contribution in [3.05, 3.63) is 27.7 Å². The fraction of sp³-hybridized carbons (Fsp3) is 0.385. The maximum atomic E-state index is 12.0. The normalized spacial score (nSPS) is 11.8. The molecule has 0 fully saturated rings. The van der Waals surface area contributed by atoms with Crippen LogP contribution in [0.2, 0.25) is 10.0 Å². The van der Waals surface area contributed by atoms with E-state index in [2.05, 4.69) is 10.6 Å². The molecule has 1 unspecified atom stereocenters. The molecule has 4 N–H and O–H groups in total. The highest BCUT2D eigenvalue weighted by Gasteiger charge is 2.17. The first-order valence-corrected chi connectivity index (χ1v) is 6.95. The molecule has 0 aliphatic carbocycles. The fourth-order valence-corrected chi connectivity index (χ4v) is 1.95. The average Bonchev–Trinajstić information content (AvgIpc) is 2.41. The number of anilines is 1. The van der Waals surface area contributed by atoms with Gasteiger partial charge in [0.05, 0.1) is 15.7 Å². The van der Waals surface area contributed by atoms with Crippen LogP contribution in [0.1, 0.15) is 30.6 Å². The van der Waals surface area contributed by atoms with Crippen molar-refractivity contribution < 1.29 is 9.59 Å². The molecule has 1 aromatic rings. The van der Waals surface area contributed by atoms with Crippen molar-refractivity contribution in [2.24, 2.45) is 0 Å². The highest BCUT2D eigenvalue weighted by Crippen LogP contribution is 2.28. The van der Waals surface area contributed by atoms with E-state index < -0.39 is 11.9 Å². The summed E-state index contributed by atoms with van der Waals surface area (Å²) in [6.07, 6.45) is 0.829. The maximum absolute atomic E-state index is 12.0. The summed E-state index contributed by atoms with van der Waals surface area (Å²) in [5.41, 5.74) is 6.07. The Bertz CT molecular complexity index is 497. The Morgan fingerprint density at radius 3 is 2.35 bits per heavy atom. The average molecular weight is 318 g/mol. The molecule has 1 atom stereocenters. The molecule has 0 radical (unpaired) electrons. The van der Waals surface area contributed by atoms with E-state index in [4.69, 9.17) is 28.9 Å². The zero-order chi connectivity index (χ0) is 15.3. The number of carbonyl (C=O) groups excluding carboxylic acids is 2. The van der Waals surface area contributed by atoms with E-state index >= 15 is 0 Å². The van der Waals surface area contributed by atoms with E-state index in [1.54, 1.807) is 6.92 Å². The minimum absolute atomic E-state index is 0.200. The van der Waals surface area contributed by atoms with Crippen molar-refractivity contribution in [3.63, 3.8) is 0 Å². The van der Waals surface area contributed by atoms with Gasteiger partial charge in [0.1, 0.15) is 6.04 Å². The molecule has 0 spiro atoms. The van der Waals surface area contributed by atoms with Crippen LogP contribution in [0.4, 0.5) is 5.69 Å². The molecule has 0 saturated carbocycles. The number of carbonyl (C=O) groups is 2. The van der Waals surface area contributed by atoms with E-state index in [1.165, 1.54) is 12.1 Å². The molecular weight excluding hydrogens is 301 g/mol. The first-order valence-electron chi connectivity index (χ1n) is 6.19. The van der Waals surface area contributed by atoms with Crippen LogP contribution in [0.3, 0.4) is 0 Å². The summed E-state index contributed by atoms with van der Waals surface area (Å²) in [6.45, 7) is 4.11. The summed E-state index contributed by atoms with van der Waals surface area (Å²) in [5.74, 6) is -0.680. The highest BCUT2D eigenvalue weighted by molar-refractivity contribution is 6.39. The number of benzene rings is 1. The summed E-state index contributed by atoms with van der Waals surface area (Å²) < 4.78 is 0. The second kappa shape index (κ2) is 7.36. The molecule has 0 heterocycles. The van der Waals surface area contributed by atoms with Crippen LogP contribution in [0.25, 0.3) is 0 Å². The van der Waals surface area contributed by atoms with Crippen molar-refractivity contribution >= 4 is 40.7 Å². The Hall–Kier alpha value is -1.46. The molecular formula is C13H17Cl2N3O2. The van der Waals surface area contributed by atoms with Crippen LogP contribution >= 0.6 is 23.2 Å². The number of rotatable bonds is 5. The van der Waals surface area contributed by atoms with E-state index in [0.29, 0.717) is 6.54 Å². The number of nitrogen functional groups attached to an aromatic ring is 1. The van der Waals surface area contributed by atoms with Gasteiger partial charge in [0.25, 0.3) is 5.91 Å². The molecule has 1 aromatic carbocycles. The first-order chi connectivity index (χ1) is 9.36. The zero-order valence-electron chi connectivity index (χ0n) is 11.3. The lowest BCUT2D eigenvalue weighted by molar-refractivity contribution is -0.122. The van der Waals surface area contributed by atoms with Crippen LogP contribution in [0.15, 0.2) is 12.1 Å². The highest BCUT2D eigenvalue weighted by atomic mass is 35.5.